The van der Waals surface area contributed by atoms with Crippen molar-refractivity contribution in [1.82, 2.24) is 4.98 Å². The lowest BCUT2D eigenvalue weighted by atomic mass is 10.2. The summed E-state index contributed by atoms with van der Waals surface area (Å²) in [7, 11) is 1.79. The van der Waals surface area contributed by atoms with Crippen LogP contribution in [-0.4, -0.2) is 24.2 Å². The van der Waals surface area contributed by atoms with Gasteiger partial charge in [-0.1, -0.05) is 27.3 Å². The molecular weight excluding hydrogens is 312 g/mol. The lowest BCUT2D eigenvalue weighted by Crippen LogP contribution is -2.16. The summed E-state index contributed by atoms with van der Waals surface area (Å²) in [5, 5.41) is 4.54. The molecule has 2 aromatic rings. The van der Waals surface area contributed by atoms with Gasteiger partial charge in [-0.25, -0.2) is 4.98 Å². The lowest BCUT2D eigenvalue weighted by Gasteiger charge is -2.11. The quantitative estimate of drug-likeness (QED) is 0.924. The number of anilines is 1. The minimum atomic E-state index is 0.408. The highest BCUT2D eigenvalue weighted by Crippen LogP contribution is 2.31. The van der Waals surface area contributed by atoms with Crippen LogP contribution in [0.4, 0.5) is 5.13 Å². The summed E-state index contributed by atoms with van der Waals surface area (Å²) in [6, 6.07) is 6.72. The molecule has 18 heavy (non-hydrogen) atoms. The van der Waals surface area contributed by atoms with Crippen LogP contribution < -0.4 is 5.32 Å². The first-order valence-corrected chi connectivity index (χ1v) is 7.71. The van der Waals surface area contributed by atoms with Crippen molar-refractivity contribution in [2.45, 2.75) is 31.4 Å². The minimum absolute atomic E-state index is 0.408. The monoisotopic (exact) mass is 326 g/mol. The van der Waals surface area contributed by atoms with E-state index in [2.05, 4.69) is 44.4 Å². The van der Waals surface area contributed by atoms with Gasteiger partial charge in [0, 0.05) is 17.6 Å². The van der Waals surface area contributed by atoms with E-state index < -0.39 is 0 Å². The Hall–Kier alpha value is -0.650. The number of thiazole rings is 1. The molecule has 1 aliphatic carbocycles. The maximum atomic E-state index is 5.39. The number of halogens is 1. The number of hydrogen-bond acceptors (Lipinski definition) is 4. The molecule has 96 valence electrons. The standard InChI is InChI=1S/C13H15BrN2OS/c1-17-10-4-3-9(7-10)15-13-16-11-6-8(14)2-5-12(11)18-13/h2,5-6,9-10H,3-4,7H2,1H3,(H,15,16). The Morgan fingerprint density at radius 1 is 1.44 bits per heavy atom. The van der Waals surface area contributed by atoms with Crippen molar-refractivity contribution in [3.8, 4) is 0 Å². The third kappa shape index (κ3) is 2.53. The molecule has 2 atom stereocenters. The predicted octanol–water partition coefficient (Wildman–Crippen LogP) is 4.04. The minimum Gasteiger partial charge on any atom is -0.381 e. The smallest absolute Gasteiger partial charge is 0.184 e. The molecule has 1 N–H and O–H groups in total. The molecule has 1 heterocycles. The number of ether oxygens (including phenoxy) is 1. The van der Waals surface area contributed by atoms with Crippen molar-refractivity contribution < 1.29 is 4.74 Å². The highest BCUT2D eigenvalue weighted by Gasteiger charge is 2.24. The topological polar surface area (TPSA) is 34.1 Å². The summed E-state index contributed by atoms with van der Waals surface area (Å²) in [4.78, 5) is 4.62. The molecule has 5 heteroatoms. The molecule has 2 unspecified atom stereocenters. The zero-order valence-corrected chi connectivity index (χ0v) is 12.6. The molecule has 0 radical (unpaired) electrons. The molecule has 0 bridgehead atoms. The molecule has 1 aromatic heterocycles. The Labute approximate surface area is 119 Å². The van der Waals surface area contributed by atoms with E-state index >= 15 is 0 Å². The molecule has 0 saturated heterocycles. The van der Waals surface area contributed by atoms with Gasteiger partial charge in [0.05, 0.1) is 16.3 Å². The van der Waals surface area contributed by atoms with Crippen LogP contribution in [0.2, 0.25) is 0 Å². The number of fused-ring (bicyclic) bond motifs is 1. The maximum absolute atomic E-state index is 5.39. The number of rotatable bonds is 3. The van der Waals surface area contributed by atoms with Crippen LogP contribution in [0.5, 0.6) is 0 Å². The largest absolute Gasteiger partial charge is 0.381 e. The van der Waals surface area contributed by atoms with Gasteiger partial charge in [-0.15, -0.1) is 0 Å². The first-order valence-electron chi connectivity index (χ1n) is 6.10. The fourth-order valence-corrected chi connectivity index (χ4v) is 3.69. The van der Waals surface area contributed by atoms with E-state index in [0.717, 1.165) is 34.4 Å². The van der Waals surface area contributed by atoms with Gasteiger partial charge in [0.2, 0.25) is 0 Å². The Morgan fingerprint density at radius 2 is 2.33 bits per heavy atom. The van der Waals surface area contributed by atoms with E-state index in [1.165, 1.54) is 4.70 Å². The number of nitrogens with one attached hydrogen (secondary N) is 1. The summed E-state index contributed by atoms with van der Waals surface area (Å²) in [6.45, 7) is 0. The second-order valence-electron chi connectivity index (χ2n) is 4.64. The molecule has 3 rings (SSSR count). The first kappa shape index (κ1) is 12.4. The third-order valence-electron chi connectivity index (χ3n) is 3.40. The summed E-state index contributed by atoms with van der Waals surface area (Å²) < 4.78 is 7.69. The van der Waals surface area contributed by atoms with Crippen molar-refractivity contribution >= 4 is 42.6 Å². The van der Waals surface area contributed by atoms with Crippen molar-refractivity contribution in [3.05, 3.63) is 22.7 Å². The Balaban J connectivity index is 1.75. The number of benzene rings is 1. The molecule has 0 spiro atoms. The van der Waals surface area contributed by atoms with E-state index in [1.807, 2.05) is 0 Å². The number of nitrogens with zero attached hydrogens (tertiary/aromatic N) is 1. The van der Waals surface area contributed by atoms with Crippen LogP contribution in [0.1, 0.15) is 19.3 Å². The van der Waals surface area contributed by atoms with E-state index in [0.29, 0.717) is 12.1 Å². The van der Waals surface area contributed by atoms with Crippen molar-refractivity contribution in [2.75, 3.05) is 12.4 Å². The summed E-state index contributed by atoms with van der Waals surface area (Å²) in [5.41, 5.74) is 1.05. The van der Waals surface area contributed by atoms with E-state index in [4.69, 9.17) is 4.74 Å². The Bertz CT molecular complexity index is 557. The fraction of sp³-hybridized carbons (Fsp3) is 0.462. The van der Waals surface area contributed by atoms with Gasteiger partial charge in [0.1, 0.15) is 0 Å². The van der Waals surface area contributed by atoms with Crippen molar-refractivity contribution in [3.63, 3.8) is 0 Å². The normalized spacial score (nSPS) is 23.7. The highest BCUT2D eigenvalue weighted by atomic mass is 79.9. The molecule has 1 aromatic carbocycles. The predicted molar refractivity (Wildman–Crippen MR) is 79.4 cm³/mol. The van der Waals surface area contributed by atoms with Gasteiger partial charge in [0.15, 0.2) is 5.13 Å². The summed E-state index contributed by atoms with van der Waals surface area (Å²) in [5.74, 6) is 0. The van der Waals surface area contributed by atoms with Crippen LogP contribution in [-0.2, 0) is 4.74 Å². The average molecular weight is 327 g/mol. The molecular formula is C13H15BrN2OS. The molecule has 1 aliphatic rings. The second kappa shape index (κ2) is 5.15. The summed E-state index contributed by atoms with van der Waals surface area (Å²) in [6.07, 6.45) is 3.80. The van der Waals surface area contributed by atoms with Gasteiger partial charge in [-0.3, -0.25) is 0 Å². The lowest BCUT2D eigenvalue weighted by molar-refractivity contribution is 0.108. The zero-order valence-electron chi connectivity index (χ0n) is 10.1. The van der Waals surface area contributed by atoms with Crippen LogP contribution in [0, 0.1) is 0 Å². The van der Waals surface area contributed by atoms with Crippen molar-refractivity contribution in [1.29, 1.82) is 0 Å². The Kier molecular flexibility index (Phi) is 3.54. The van der Waals surface area contributed by atoms with E-state index in [9.17, 15) is 0 Å². The third-order valence-corrected chi connectivity index (χ3v) is 4.86. The fourth-order valence-electron chi connectivity index (χ4n) is 2.42. The number of aromatic nitrogens is 1. The number of methoxy groups -OCH3 is 1. The van der Waals surface area contributed by atoms with Gasteiger partial charge in [0.25, 0.3) is 0 Å². The zero-order chi connectivity index (χ0) is 12.5. The highest BCUT2D eigenvalue weighted by molar-refractivity contribution is 9.10. The average Bonchev–Trinajstić information content (AvgIpc) is 2.95. The molecule has 1 fully saturated rings. The van der Waals surface area contributed by atoms with Crippen LogP contribution in [0.25, 0.3) is 10.2 Å². The SMILES string of the molecule is COC1CCC(Nc2nc3cc(Br)ccc3s2)C1. The molecule has 0 amide bonds. The van der Waals surface area contributed by atoms with Crippen LogP contribution in [0.3, 0.4) is 0 Å². The van der Waals surface area contributed by atoms with E-state index in [1.54, 1.807) is 18.4 Å². The Morgan fingerprint density at radius 3 is 3.11 bits per heavy atom. The van der Waals surface area contributed by atoms with Gasteiger partial charge >= 0.3 is 0 Å². The first-order chi connectivity index (χ1) is 8.74. The van der Waals surface area contributed by atoms with E-state index in [-0.39, 0.29) is 0 Å². The second-order valence-corrected chi connectivity index (χ2v) is 6.59. The van der Waals surface area contributed by atoms with Crippen LogP contribution in [0.15, 0.2) is 22.7 Å². The molecule has 0 aliphatic heterocycles. The molecule has 3 nitrogen and oxygen atoms in total. The maximum Gasteiger partial charge on any atom is 0.184 e. The van der Waals surface area contributed by atoms with Gasteiger partial charge in [-0.2, -0.15) is 0 Å². The number of hydrogen-bond donors (Lipinski definition) is 1. The van der Waals surface area contributed by atoms with Crippen molar-refractivity contribution in [2.24, 2.45) is 0 Å². The van der Waals surface area contributed by atoms with Crippen LogP contribution >= 0.6 is 27.3 Å². The van der Waals surface area contributed by atoms with Gasteiger partial charge in [-0.05, 0) is 37.5 Å². The molecule has 1 saturated carbocycles. The van der Waals surface area contributed by atoms with Gasteiger partial charge < -0.3 is 10.1 Å². The summed E-state index contributed by atoms with van der Waals surface area (Å²) >= 11 is 5.19.